The number of carbonyl (C=O) groups is 1. The first-order valence-electron chi connectivity index (χ1n) is 4.46. The largest absolute Gasteiger partial charge is 0.345 e. The molecule has 70 valence electrons. The van der Waals surface area contributed by atoms with E-state index in [1.165, 1.54) is 0 Å². The maximum atomic E-state index is 11.3. The fraction of sp³-hybridized carbons (Fsp3) is 0.889. The maximum Gasteiger partial charge on any atom is 0.223 e. The van der Waals surface area contributed by atoms with Crippen LogP contribution < -0.4 is 5.32 Å². The third-order valence-electron chi connectivity index (χ3n) is 2.21. The summed E-state index contributed by atoms with van der Waals surface area (Å²) in [4.78, 5) is 13.2. The summed E-state index contributed by atoms with van der Waals surface area (Å²) >= 11 is 0. The molecule has 1 saturated heterocycles. The van der Waals surface area contributed by atoms with Gasteiger partial charge in [-0.05, 0) is 5.41 Å². The number of nitrogens with one attached hydrogen (secondary N) is 1. The Morgan fingerprint density at radius 2 is 2.17 bits per heavy atom. The highest BCUT2D eigenvalue weighted by molar-refractivity contribution is 5.76. The van der Waals surface area contributed by atoms with E-state index in [9.17, 15) is 4.79 Å². The topological polar surface area (TPSA) is 32.3 Å². The highest BCUT2D eigenvalue weighted by Crippen LogP contribution is 2.16. The van der Waals surface area contributed by atoms with Gasteiger partial charge in [0.05, 0.1) is 0 Å². The van der Waals surface area contributed by atoms with Gasteiger partial charge < -0.3 is 10.2 Å². The summed E-state index contributed by atoms with van der Waals surface area (Å²) < 4.78 is 0. The lowest BCUT2D eigenvalue weighted by Crippen LogP contribution is -2.45. The van der Waals surface area contributed by atoms with E-state index in [2.05, 4.69) is 19.2 Å². The van der Waals surface area contributed by atoms with Crippen molar-refractivity contribution >= 4 is 5.91 Å². The van der Waals surface area contributed by atoms with E-state index >= 15 is 0 Å². The van der Waals surface area contributed by atoms with Gasteiger partial charge in [0.25, 0.3) is 0 Å². The molecule has 3 nitrogen and oxygen atoms in total. The third-order valence-corrected chi connectivity index (χ3v) is 2.21. The van der Waals surface area contributed by atoms with Crippen molar-refractivity contribution in [3.8, 4) is 0 Å². The standard InChI is InChI=1S/C9H18N2O/c1-9(2)6-10-5-4-8(12)11(3)7-9/h10H,4-7H2,1-3H3. The number of amides is 1. The molecule has 0 unspecified atom stereocenters. The lowest BCUT2D eigenvalue weighted by molar-refractivity contribution is -0.131. The van der Waals surface area contributed by atoms with Crippen molar-refractivity contribution in [2.75, 3.05) is 26.7 Å². The Bertz CT molecular complexity index is 177. The number of nitrogens with zero attached hydrogens (tertiary/aromatic N) is 1. The van der Waals surface area contributed by atoms with Gasteiger partial charge in [0.2, 0.25) is 5.91 Å². The van der Waals surface area contributed by atoms with Crippen molar-refractivity contribution in [3.63, 3.8) is 0 Å². The fourth-order valence-corrected chi connectivity index (χ4v) is 1.60. The minimum absolute atomic E-state index is 0.199. The summed E-state index contributed by atoms with van der Waals surface area (Å²) in [6, 6.07) is 0. The van der Waals surface area contributed by atoms with Crippen molar-refractivity contribution in [1.82, 2.24) is 10.2 Å². The van der Waals surface area contributed by atoms with Gasteiger partial charge in [0.1, 0.15) is 0 Å². The molecule has 0 spiro atoms. The Kier molecular flexibility index (Phi) is 2.73. The van der Waals surface area contributed by atoms with E-state index < -0.39 is 0 Å². The van der Waals surface area contributed by atoms with Crippen LogP contribution in [0.1, 0.15) is 20.3 Å². The Morgan fingerprint density at radius 1 is 1.50 bits per heavy atom. The highest BCUT2D eigenvalue weighted by Gasteiger charge is 2.24. The SMILES string of the molecule is CN1CC(C)(C)CNCCC1=O. The second kappa shape index (κ2) is 3.44. The second-order valence-corrected chi connectivity index (χ2v) is 4.34. The molecule has 0 atom stereocenters. The molecule has 12 heavy (non-hydrogen) atoms. The quantitative estimate of drug-likeness (QED) is 0.573. The summed E-state index contributed by atoms with van der Waals surface area (Å²) in [5.41, 5.74) is 0.199. The first kappa shape index (κ1) is 9.52. The zero-order valence-corrected chi connectivity index (χ0v) is 8.18. The lowest BCUT2D eigenvalue weighted by Gasteiger charge is -2.33. The molecule has 1 amide bonds. The average Bonchev–Trinajstić information content (AvgIpc) is 1.95. The first-order valence-corrected chi connectivity index (χ1v) is 4.46. The van der Waals surface area contributed by atoms with Gasteiger partial charge in [0, 0.05) is 33.1 Å². The molecule has 3 heteroatoms. The molecule has 1 rings (SSSR count). The summed E-state index contributed by atoms with van der Waals surface area (Å²) in [5.74, 6) is 0.246. The number of hydrogen-bond donors (Lipinski definition) is 1. The Morgan fingerprint density at radius 3 is 2.83 bits per heavy atom. The van der Waals surface area contributed by atoms with E-state index in [1.54, 1.807) is 0 Å². The summed E-state index contributed by atoms with van der Waals surface area (Å²) in [6.07, 6.45) is 0.632. The molecule has 0 aromatic rings. The molecule has 0 bridgehead atoms. The van der Waals surface area contributed by atoms with Gasteiger partial charge in [-0.3, -0.25) is 4.79 Å². The Labute approximate surface area is 74.1 Å². The smallest absolute Gasteiger partial charge is 0.223 e. The van der Waals surface area contributed by atoms with Gasteiger partial charge in [-0.1, -0.05) is 13.8 Å². The normalized spacial score (nSPS) is 24.9. The van der Waals surface area contributed by atoms with Crippen LogP contribution in [0.3, 0.4) is 0 Å². The first-order chi connectivity index (χ1) is 5.51. The van der Waals surface area contributed by atoms with Crippen LogP contribution in [0.15, 0.2) is 0 Å². The second-order valence-electron chi connectivity index (χ2n) is 4.34. The summed E-state index contributed by atoms with van der Waals surface area (Å²) in [5, 5.41) is 3.28. The molecule has 1 heterocycles. The van der Waals surface area contributed by atoms with Gasteiger partial charge in [-0.15, -0.1) is 0 Å². The zero-order valence-electron chi connectivity index (χ0n) is 8.18. The van der Waals surface area contributed by atoms with Crippen molar-refractivity contribution < 1.29 is 4.79 Å². The molecular formula is C9H18N2O. The number of carbonyl (C=O) groups excluding carboxylic acids is 1. The third kappa shape index (κ3) is 2.48. The van der Waals surface area contributed by atoms with Gasteiger partial charge in [0.15, 0.2) is 0 Å². The van der Waals surface area contributed by atoms with E-state index in [0.29, 0.717) is 6.42 Å². The van der Waals surface area contributed by atoms with Crippen molar-refractivity contribution in [3.05, 3.63) is 0 Å². The monoisotopic (exact) mass is 170 g/mol. The van der Waals surface area contributed by atoms with Crippen LogP contribution in [0.25, 0.3) is 0 Å². The van der Waals surface area contributed by atoms with Crippen molar-refractivity contribution in [1.29, 1.82) is 0 Å². The molecule has 1 aliphatic rings. The molecule has 0 radical (unpaired) electrons. The van der Waals surface area contributed by atoms with Gasteiger partial charge in [-0.2, -0.15) is 0 Å². The van der Waals surface area contributed by atoms with E-state index in [4.69, 9.17) is 0 Å². The predicted octanol–water partition coefficient (Wildman–Crippen LogP) is 0.464. The molecular weight excluding hydrogens is 152 g/mol. The van der Waals surface area contributed by atoms with Crippen LogP contribution in [0.5, 0.6) is 0 Å². The minimum Gasteiger partial charge on any atom is -0.345 e. The summed E-state index contributed by atoms with van der Waals surface area (Å²) in [6.45, 7) is 7.00. The predicted molar refractivity (Wildman–Crippen MR) is 48.9 cm³/mol. The molecule has 1 aliphatic heterocycles. The van der Waals surface area contributed by atoms with E-state index in [-0.39, 0.29) is 11.3 Å². The number of rotatable bonds is 0. The lowest BCUT2D eigenvalue weighted by atomic mass is 9.92. The van der Waals surface area contributed by atoms with E-state index in [1.807, 2.05) is 11.9 Å². The van der Waals surface area contributed by atoms with Crippen LogP contribution in [-0.2, 0) is 4.79 Å². The van der Waals surface area contributed by atoms with Gasteiger partial charge >= 0.3 is 0 Å². The van der Waals surface area contributed by atoms with Crippen LogP contribution in [0, 0.1) is 5.41 Å². The average molecular weight is 170 g/mol. The van der Waals surface area contributed by atoms with Crippen LogP contribution in [-0.4, -0.2) is 37.5 Å². The summed E-state index contributed by atoms with van der Waals surface area (Å²) in [7, 11) is 1.88. The highest BCUT2D eigenvalue weighted by atomic mass is 16.2. The molecule has 1 N–H and O–H groups in total. The Hall–Kier alpha value is -0.570. The van der Waals surface area contributed by atoms with Crippen molar-refractivity contribution in [2.24, 2.45) is 5.41 Å². The van der Waals surface area contributed by atoms with Crippen LogP contribution in [0.4, 0.5) is 0 Å². The Balaban J connectivity index is 2.59. The maximum absolute atomic E-state index is 11.3. The fourth-order valence-electron chi connectivity index (χ4n) is 1.60. The minimum atomic E-state index is 0.199. The molecule has 1 fully saturated rings. The molecule has 0 aliphatic carbocycles. The van der Waals surface area contributed by atoms with Crippen molar-refractivity contribution in [2.45, 2.75) is 20.3 Å². The van der Waals surface area contributed by atoms with Crippen LogP contribution in [0.2, 0.25) is 0 Å². The zero-order chi connectivity index (χ0) is 9.19. The van der Waals surface area contributed by atoms with Gasteiger partial charge in [-0.25, -0.2) is 0 Å². The molecule has 0 aromatic heterocycles. The van der Waals surface area contributed by atoms with Crippen LogP contribution >= 0.6 is 0 Å². The molecule has 0 aromatic carbocycles. The molecule has 0 saturated carbocycles. The van der Waals surface area contributed by atoms with E-state index in [0.717, 1.165) is 19.6 Å². The number of hydrogen-bond acceptors (Lipinski definition) is 2.